The second-order valence-electron chi connectivity index (χ2n) is 3.98. The van der Waals surface area contributed by atoms with Crippen LogP contribution in [0.15, 0.2) is 48.5 Å². The van der Waals surface area contributed by atoms with E-state index in [-0.39, 0.29) is 5.92 Å². The Morgan fingerprint density at radius 2 is 1.71 bits per heavy atom. The number of halogens is 1. The van der Waals surface area contributed by atoms with Crippen LogP contribution in [0.25, 0.3) is 0 Å². The van der Waals surface area contributed by atoms with Gasteiger partial charge in [-0.3, -0.25) is 0 Å². The summed E-state index contributed by atoms with van der Waals surface area (Å²) in [6.07, 6.45) is 0. The van der Waals surface area contributed by atoms with Crippen LogP contribution in [0.1, 0.15) is 17.0 Å². The van der Waals surface area contributed by atoms with E-state index in [1.165, 1.54) is 11.1 Å². The number of anilines is 1. The molecular weight excluding hydrogens is 323 g/mol. The standard InChI is InChI=1S/C14H15IN2/c15-13-8-11(6-7-14(13)17)12(9-16)10-4-2-1-3-5-10/h1-8,12H,9,16-17H2. The highest BCUT2D eigenvalue weighted by Gasteiger charge is 2.12. The summed E-state index contributed by atoms with van der Waals surface area (Å²) in [6, 6.07) is 16.4. The van der Waals surface area contributed by atoms with Crippen LogP contribution in [-0.2, 0) is 0 Å². The van der Waals surface area contributed by atoms with E-state index in [1.54, 1.807) is 0 Å². The zero-order valence-corrected chi connectivity index (χ0v) is 11.6. The van der Waals surface area contributed by atoms with Crippen LogP contribution in [0, 0.1) is 3.57 Å². The molecule has 0 saturated carbocycles. The maximum atomic E-state index is 5.89. The zero-order valence-electron chi connectivity index (χ0n) is 9.44. The van der Waals surface area contributed by atoms with E-state index in [4.69, 9.17) is 11.5 Å². The Hall–Kier alpha value is -1.07. The van der Waals surface area contributed by atoms with E-state index in [1.807, 2.05) is 24.3 Å². The van der Waals surface area contributed by atoms with Gasteiger partial charge in [0.2, 0.25) is 0 Å². The van der Waals surface area contributed by atoms with Crippen molar-refractivity contribution in [3.8, 4) is 0 Å². The van der Waals surface area contributed by atoms with E-state index < -0.39 is 0 Å². The first-order chi connectivity index (χ1) is 8.22. The van der Waals surface area contributed by atoms with Crippen molar-refractivity contribution < 1.29 is 0 Å². The van der Waals surface area contributed by atoms with Gasteiger partial charge in [0, 0.05) is 21.7 Å². The highest BCUT2D eigenvalue weighted by molar-refractivity contribution is 14.1. The monoisotopic (exact) mass is 338 g/mol. The molecule has 88 valence electrons. The minimum atomic E-state index is 0.241. The molecular formula is C14H15IN2. The SMILES string of the molecule is NCC(c1ccccc1)c1ccc(N)c(I)c1. The molecule has 1 unspecified atom stereocenters. The Labute approximate surface area is 115 Å². The summed E-state index contributed by atoms with van der Waals surface area (Å²) in [4.78, 5) is 0. The van der Waals surface area contributed by atoms with Crippen molar-refractivity contribution in [2.75, 3.05) is 12.3 Å². The third kappa shape index (κ3) is 2.79. The van der Waals surface area contributed by atoms with E-state index in [0.717, 1.165) is 9.26 Å². The minimum absolute atomic E-state index is 0.241. The summed E-state index contributed by atoms with van der Waals surface area (Å²) in [7, 11) is 0. The molecule has 1 atom stereocenters. The summed E-state index contributed by atoms with van der Waals surface area (Å²) in [5.41, 5.74) is 15.0. The summed E-state index contributed by atoms with van der Waals surface area (Å²) < 4.78 is 1.08. The first-order valence-corrected chi connectivity index (χ1v) is 6.60. The first kappa shape index (κ1) is 12.4. The predicted octanol–water partition coefficient (Wildman–Crippen LogP) is 2.96. The molecule has 3 heteroatoms. The van der Waals surface area contributed by atoms with Crippen molar-refractivity contribution in [3.05, 3.63) is 63.2 Å². The van der Waals surface area contributed by atoms with Gasteiger partial charge in [0.1, 0.15) is 0 Å². The maximum Gasteiger partial charge on any atom is 0.0449 e. The highest BCUT2D eigenvalue weighted by atomic mass is 127. The fourth-order valence-electron chi connectivity index (χ4n) is 1.91. The fraction of sp³-hybridized carbons (Fsp3) is 0.143. The van der Waals surface area contributed by atoms with Crippen LogP contribution in [-0.4, -0.2) is 6.54 Å². The number of hydrogen-bond donors (Lipinski definition) is 2. The molecule has 2 rings (SSSR count). The van der Waals surface area contributed by atoms with Gasteiger partial charge < -0.3 is 11.5 Å². The van der Waals surface area contributed by atoms with Crippen molar-refractivity contribution in [2.24, 2.45) is 5.73 Å². The lowest BCUT2D eigenvalue weighted by atomic mass is 9.91. The third-order valence-electron chi connectivity index (χ3n) is 2.86. The van der Waals surface area contributed by atoms with Crippen molar-refractivity contribution in [3.63, 3.8) is 0 Å². The normalized spacial score (nSPS) is 12.4. The first-order valence-electron chi connectivity index (χ1n) is 5.52. The summed E-state index contributed by atoms with van der Waals surface area (Å²) in [5.74, 6) is 0.241. The van der Waals surface area contributed by atoms with Crippen LogP contribution in [0.5, 0.6) is 0 Å². The number of hydrogen-bond acceptors (Lipinski definition) is 2. The summed E-state index contributed by atoms with van der Waals surface area (Å²) in [5, 5.41) is 0. The van der Waals surface area contributed by atoms with Crippen molar-refractivity contribution in [1.29, 1.82) is 0 Å². The molecule has 0 aliphatic rings. The molecule has 0 radical (unpaired) electrons. The molecule has 0 fully saturated rings. The molecule has 0 heterocycles. The second-order valence-corrected chi connectivity index (χ2v) is 5.14. The van der Waals surface area contributed by atoms with Gasteiger partial charge in [-0.2, -0.15) is 0 Å². The molecule has 0 aliphatic carbocycles. The Bertz CT molecular complexity index is 497. The number of rotatable bonds is 3. The van der Waals surface area contributed by atoms with Crippen LogP contribution in [0.4, 0.5) is 5.69 Å². The lowest BCUT2D eigenvalue weighted by molar-refractivity contribution is 0.818. The smallest absolute Gasteiger partial charge is 0.0449 e. The van der Waals surface area contributed by atoms with Crippen LogP contribution in [0.2, 0.25) is 0 Å². The Kier molecular flexibility index (Phi) is 4.02. The molecule has 0 aromatic heterocycles. The number of benzene rings is 2. The third-order valence-corrected chi connectivity index (χ3v) is 3.80. The van der Waals surface area contributed by atoms with Crippen molar-refractivity contribution in [2.45, 2.75) is 5.92 Å². The maximum absolute atomic E-state index is 5.89. The van der Waals surface area contributed by atoms with Gasteiger partial charge in [-0.05, 0) is 45.9 Å². The zero-order chi connectivity index (χ0) is 12.3. The topological polar surface area (TPSA) is 52.0 Å². The second kappa shape index (κ2) is 5.51. The molecule has 2 aromatic rings. The number of nitrogen functional groups attached to an aromatic ring is 1. The van der Waals surface area contributed by atoms with Crippen molar-refractivity contribution in [1.82, 2.24) is 0 Å². The van der Waals surface area contributed by atoms with Gasteiger partial charge in [0.05, 0.1) is 0 Å². The largest absolute Gasteiger partial charge is 0.398 e. The predicted molar refractivity (Wildman–Crippen MR) is 80.9 cm³/mol. The van der Waals surface area contributed by atoms with Gasteiger partial charge in [-0.15, -0.1) is 0 Å². The van der Waals surface area contributed by atoms with Gasteiger partial charge in [0.15, 0.2) is 0 Å². The molecule has 17 heavy (non-hydrogen) atoms. The summed E-state index contributed by atoms with van der Waals surface area (Å²) >= 11 is 2.25. The molecule has 2 nitrogen and oxygen atoms in total. The molecule has 0 spiro atoms. The minimum Gasteiger partial charge on any atom is -0.398 e. The average Bonchev–Trinajstić information content (AvgIpc) is 2.36. The Morgan fingerprint density at radius 3 is 2.29 bits per heavy atom. The highest BCUT2D eigenvalue weighted by Crippen LogP contribution is 2.26. The van der Waals surface area contributed by atoms with Crippen LogP contribution < -0.4 is 11.5 Å². The lowest BCUT2D eigenvalue weighted by Gasteiger charge is -2.16. The molecule has 2 aromatic carbocycles. The van der Waals surface area contributed by atoms with Gasteiger partial charge in [0.25, 0.3) is 0 Å². The fourth-order valence-corrected chi connectivity index (χ4v) is 2.45. The Morgan fingerprint density at radius 1 is 1.00 bits per heavy atom. The lowest BCUT2D eigenvalue weighted by Crippen LogP contribution is -2.14. The van der Waals surface area contributed by atoms with E-state index >= 15 is 0 Å². The van der Waals surface area contributed by atoms with Crippen LogP contribution in [0.3, 0.4) is 0 Å². The van der Waals surface area contributed by atoms with E-state index in [9.17, 15) is 0 Å². The van der Waals surface area contributed by atoms with E-state index in [0.29, 0.717) is 6.54 Å². The van der Waals surface area contributed by atoms with Gasteiger partial charge >= 0.3 is 0 Å². The molecule has 0 amide bonds. The molecule has 0 saturated heterocycles. The molecule has 0 aliphatic heterocycles. The average molecular weight is 338 g/mol. The van der Waals surface area contributed by atoms with Gasteiger partial charge in [-0.1, -0.05) is 36.4 Å². The van der Waals surface area contributed by atoms with E-state index in [2.05, 4.69) is 46.9 Å². The number of nitrogens with two attached hydrogens (primary N) is 2. The van der Waals surface area contributed by atoms with Gasteiger partial charge in [-0.25, -0.2) is 0 Å². The molecule has 0 bridgehead atoms. The van der Waals surface area contributed by atoms with Crippen molar-refractivity contribution >= 4 is 28.3 Å². The van der Waals surface area contributed by atoms with Crippen LogP contribution >= 0.6 is 22.6 Å². The Balaban J connectivity index is 2.39. The summed E-state index contributed by atoms with van der Waals surface area (Å²) in [6.45, 7) is 0.601. The molecule has 4 N–H and O–H groups in total. The quantitative estimate of drug-likeness (QED) is 0.668.